The molecule has 1 rings (SSSR count). The molecule has 1 aliphatic rings. The van der Waals surface area contributed by atoms with Gasteiger partial charge < -0.3 is 4.74 Å². The summed E-state index contributed by atoms with van der Waals surface area (Å²) in [6, 6.07) is 0. The fourth-order valence-electron chi connectivity index (χ4n) is 1.55. The van der Waals surface area contributed by atoms with E-state index in [4.69, 9.17) is 4.74 Å². The van der Waals surface area contributed by atoms with Gasteiger partial charge in [0, 0.05) is 17.4 Å². The molecule has 0 heterocycles. The van der Waals surface area contributed by atoms with Crippen molar-refractivity contribution in [2.75, 3.05) is 18.5 Å². The Balaban J connectivity index is 2.00. The largest absolute Gasteiger partial charge is 0.381 e. The average Bonchev–Trinajstić information content (AvgIpc) is 2.86. The Hall–Kier alpha value is 0.440. The van der Waals surface area contributed by atoms with Gasteiger partial charge in [0.05, 0.1) is 6.61 Å². The molecule has 2 heteroatoms. The fourth-order valence-corrected chi connectivity index (χ4v) is 2.27. The lowest BCUT2D eigenvalue weighted by Crippen LogP contribution is -2.15. The first-order valence-corrected chi connectivity index (χ1v) is 6.48. The van der Waals surface area contributed by atoms with Crippen LogP contribution in [0.1, 0.15) is 39.5 Å². The van der Waals surface area contributed by atoms with E-state index in [1.165, 1.54) is 25.7 Å². The maximum atomic E-state index is 5.74. The zero-order valence-corrected chi connectivity index (χ0v) is 10.4. The van der Waals surface area contributed by atoms with Gasteiger partial charge in [-0.05, 0) is 25.2 Å². The van der Waals surface area contributed by atoms with Crippen LogP contribution in [-0.4, -0.2) is 18.5 Å². The van der Waals surface area contributed by atoms with E-state index in [0.717, 1.165) is 24.5 Å². The van der Waals surface area contributed by atoms with Crippen LogP contribution in [0, 0.1) is 11.3 Å². The van der Waals surface area contributed by atoms with Crippen LogP contribution in [0.2, 0.25) is 0 Å². The quantitative estimate of drug-likeness (QED) is 0.626. The summed E-state index contributed by atoms with van der Waals surface area (Å²) >= 11 is 3.55. The maximum absolute atomic E-state index is 5.74. The summed E-state index contributed by atoms with van der Waals surface area (Å²) in [6.07, 6.45) is 5.26. The topological polar surface area (TPSA) is 9.23 Å². The highest BCUT2D eigenvalue weighted by Gasteiger charge is 2.41. The molecule has 1 unspecified atom stereocenters. The lowest BCUT2D eigenvalue weighted by atomic mass is 10.1. The second-order valence-corrected chi connectivity index (χ2v) is 5.10. The minimum atomic E-state index is 0.520. The predicted octanol–water partition coefficient (Wildman–Crippen LogP) is 3.61. The lowest BCUT2D eigenvalue weighted by Gasteiger charge is -2.15. The Morgan fingerprint density at radius 1 is 1.46 bits per heavy atom. The third kappa shape index (κ3) is 3.99. The Kier molecular flexibility index (Phi) is 4.74. The molecule has 0 amide bonds. The second kappa shape index (κ2) is 5.35. The normalized spacial score (nSPS) is 21.5. The highest BCUT2D eigenvalue weighted by atomic mass is 79.9. The molecule has 0 aliphatic heterocycles. The monoisotopic (exact) mass is 248 g/mol. The van der Waals surface area contributed by atoms with Gasteiger partial charge in [-0.15, -0.1) is 0 Å². The average molecular weight is 249 g/mol. The van der Waals surface area contributed by atoms with Crippen molar-refractivity contribution in [1.29, 1.82) is 0 Å². The number of hydrogen-bond donors (Lipinski definition) is 0. The molecule has 0 aromatic carbocycles. The molecule has 0 N–H and O–H groups in total. The van der Waals surface area contributed by atoms with Crippen LogP contribution in [0.5, 0.6) is 0 Å². The first-order chi connectivity index (χ1) is 6.22. The van der Waals surface area contributed by atoms with Gasteiger partial charge in [0.15, 0.2) is 0 Å². The van der Waals surface area contributed by atoms with Crippen LogP contribution in [0.4, 0.5) is 0 Å². The molecule has 0 radical (unpaired) electrons. The highest BCUT2D eigenvalue weighted by molar-refractivity contribution is 9.09. The summed E-state index contributed by atoms with van der Waals surface area (Å²) in [5.74, 6) is 0.733. The molecule has 0 saturated heterocycles. The molecule has 1 atom stereocenters. The number of hydrogen-bond acceptors (Lipinski definition) is 1. The zero-order chi connectivity index (χ0) is 9.73. The Morgan fingerprint density at radius 2 is 2.15 bits per heavy atom. The van der Waals surface area contributed by atoms with Crippen molar-refractivity contribution in [2.45, 2.75) is 39.5 Å². The summed E-state index contributed by atoms with van der Waals surface area (Å²) in [5.41, 5.74) is 0.520. The van der Waals surface area contributed by atoms with Crippen LogP contribution in [0.3, 0.4) is 0 Å². The van der Waals surface area contributed by atoms with Gasteiger partial charge in [0.2, 0.25) is 0 Å². The first-order valence-electron chi connectivity index (χ1n) is 5.36. The van der Waals surface area contributed by atoms with Crippen molar-refractivity contribution in [3.8, 4) is 0 Å². The SMILES string of the molecule is CCCC(C)COCC1(CBr)CC1. The van der Waals surface area contributed by atoms with Crippen molar-refractivity contribution >= 4 is 15.9 Å². The number of rotatable bonds is 7. The smallest absolute Gasteiger partial charge is 0.0530 e. The predicted molar refractivity (Wildman–Crippen MR) is 60.4 cm³/mol. The number of ether oxygens (including phenoxy) is 1. The summed E-state index contributed by atoms with van der Waals surface area (Å²) in [5, 5.41) is 1.11. The van der Waals surface area contributed by atoms with E-state index >= 15 is 0 Å². The van der Waals surface area contributed by atoms with Gasteiger partial charge in [-0.25, -0.2) is 0 Å². The van der Waals surface area contributed by atoms with Crippen LogP contribution >= 0.6 is 15.9 Å². The van der Waals surface area contributed by atoms with Gasteiger partial charge in [0.25, 0.3) is 0 Å². The molecular weight excluding hydrogens is 228 g/mol. The molecule has 0 bridgehead atoms. The van der Waals surface area contributed by atoms with E-state index in [2.05, 4.69) is 29.8 Å². The molecule has 1 nitrogen and oxygen atoms in total. The molecule has 0 aromatic rings. The third-order valence-corrected chi connectivity index (χ3v) is 4.02. The molecule has 1 aliphatic carbocycles. The maximum Gasteiger partial charge on any atom is 0.0530 e. The van der Waals surface area contributed by atoms with E-state index in [1.807, 2.05) is 0 Å². The van der Waals surface area contributed by atoms with Crippen LogP contribution in [-0.2, 0) is 4.74 Å². The van der Waals surface area contributed by atoms with E-state index in [-0.39, 0.29) is 0 Å². The van der Waals surface area contributed by atoms with Crippen LogP contribution in [0.15, 0.2) is 0 Å². The first kappa shape index (κ1) is 11.5. The molecule has 0 aromatic heterocycles. The Morgan fingerprint density at radius 3 is 2.62 bits per heavy atom. The van der Waals surface area contributed by atoms with E-state index < -0.39 is 0 Å². The summed E-state index contributed by atoms with van der Waals surface area (Å²) in [7, 11) is 0. The van der Waals surface area contributed by atoms with Crippen molar-refractivity contribution < 1.29 is 4.74 Å². The van der Waals surface area contributed by atoms with Gasteiger partial charge in [0.1, 0.15) is 0 Å². The van der Waals surface area contributed by atoms with Crippen molar-refractivity contribution in [3.63, 3.8) is 0 Å². The van der Waals surface area contributed by atoms with E-state index in [9.17, 15) is 0 Å². The van der Waals surface area contributed by atoms with Gasteiger partial charge in [-0.2, -0.15) is 0 Å². The molecule has 78 valence electrons. The summed E-state index contributed by atoms with van der Waals surface area (Å²) in [4.78, 5) is 0. The van der Waals surface area contributed by atoms with Gasteiger partial charge >= 0.3 is 0 Å². The zero-order valence-electron chi connectivity index (χ0n) is 8.81. The standard InChI is InChI=1S/C11H21BrO/c1-3-4-10(2)7-13-9-11(8-12)5-6-11/h10H,3-9H2,1-2H3. The Labute approximate surface area is 90.4 Å². The molecule has 0 spiro atoms. The van der Waals surface area contributed by atoms with Crippen molar-refractivity contribution in [3.05, 3.63) is 0 Å². The summed E-state index contributed by atoms with van der Waals surface area (Å²) in [6.45, 7) is 6.42. The van der Waals surface area contributed by atoms with Gasteiger partial charge in [-0.3, -0.25) is 0 Å². The third-order valence-electron chi connectivity index (χ3n) is 2.83. The minimum absolute atomic E-state index is 0.520. The minimum Gasteiger partial charge on any atom is -0.381 e. The highest BCUT2D eigenvalue weighted by Crippen LogP contribution is 2.47. The van der Waals surface area contributed by atoms with Crippen LogP contribution < -0.4 is 0 Å². The molecule has 1 saturated carbocycles. The van der Waals surface area contributed by atoms with Crippen molar-refractivity contribution in [2.24, 2.45) is 11.3 Å². The number of halogens is 1. The summed E-state index contributed by atoms with van der Waals surface area (Å²) < 4.78 is 5.74. The molecular formula is C11H21BrO. The fraction of sp³-hybridized carbons (Fsp3) is 1.00. The van der Waals surface area contributed by atoms with E-state index in [1.54, 1.807) is 0 Å². The molecule has 1 fully saturated rings. The van der Waals surface area contributed by atoms with E-state index in [0.29, 0.717) is 5.41 Å². The molecule has 13 heavy (non-hydrogen) atoms. The number of alkyl halides is 1. The lowest BCUT2D eigenvalue weighted by molar-refractivity contribution is 0.0721. The van der Waals surface area contributed by atoms with Crippen molar-refractivity contribution in [1.82, 2.24) is 0 Å². The Bertz CT molecular complexity index is 143. The van der Waals surface area contributed by atoms with Gasteiger partial charge in [-0.1, -0.05) is 36.2 Å². The van der Waals surface area contributed by atoms with Crippen LogP contribution in [0.25, 0.3) is 0 Å². The second-order valence-electron chi connectivity index (χ2n) is 4.54.